The topological polar surface area (TPSA) is 59.0 Å². The van der Waals surface area contributed by atoms with Crippen LogP contribution >= 0.6 is 23.2 Å². The number of benzene rings is 2. The normalized spacial score (nSPS) is 18.4. The highest BCUT2D eigenvalue weighted by atomic mass is 35.5. The molecule has 3 aromatic rings. The van der Waals surface area contributed by atoms with Gasteiger partial charge in [0, 0.05) is 12.1 Å². The molecule has 2 atom stereocenters. The van der Waals surface area contributed by atoms with Gasteiger partial charge in [0.15, 0.2) is 6.04 Å². The van der Waals surface area contributed by atoms with Crippen LogP contribution in [0.25, 0.3) is 0 Å². The Labute approximate surface area is 179 Å². The molecule has 10 heteroatoms. The van der Waals surface area contributed by atoms with E-state index in [0.717, 1.165) is 10.9 Å². The van der Waals surface area contributed by atoms with Crippen molar-refractivity contribution in [1.29, 1.82) is 0 Å². The van der Waals surface area contributed by atoms with Gasteiger partial charge < -0.3 is 10.6 Å². The van der Waals surface area contributed by atoms with Gasteiger partial charge in [-0.15, -0.1) is 0 Å². The molecular formula is C20H15Cl2F3N4O. The third-order valence-electron chi connectivity index (χ3n) is 4.86. The molecule has 1 aliphatic heterocycles. The number of rotatable bonds is 3. The Kier molecular flexibility index (Phi) is 5.38. The van der Waals surface area contributed by atoms with Crippen molar-refractivity contribution in [1.82, 2.24) is 9.78 Å². The molecule has 0 unspecified atom stereocenters. The lowest BCUT2D eigenvalue weighted by Gasteiger charge is -2.34. The van der Waals surface area contributed by atoms with Crippen LogP contribution < -0.4 is 10.6 Å². The summed E-state index contributed by atoms with van der Waals surface area (Å²) in [5.41, 5.74) is 1.04. The van der Waals surface area contributed by atoms with Gasteiger partial charge in [-0.3, -0.25) is 4.79 Å². The zero-order chi connectivity index (χ0) is 21.5. The second-order valence-corrected chi connectivity index (χ2v) is 7.65. The van der Waals surface area contributed by atoms with E-state index in [0.29, 0.717) is 16.3 Å². The lowest BCUT2D eigenvalue weighted by atomic mass is 9.96. The zero-order valence-electron chi connectivity index (χ0n) is 15.3. The number of hydrogen-bond acceptors (Lipinski definition) is 3. The maximum absolute atomic E-state index is 13.7. The van der Waals surface area contributed by atoms with Gasteiger partial charge in [-0.05, 0) is 23.8 Å². The predicted octanol–water partition coefficient (Wildman–Crippen LogP) is 6.10. The highest BCUT2D eigenvalue weighted by Gasteiger charge is 2.47. The fourth-order valence-electron chi connectivity index (χ4n) is 3.41. The molecule has 2 aromatic carbocycles. The summed E-state index contributed by atoms with van der Waals surface area (Å²) in [6.07, 6.45) is -3.63. The average Bonchev–Trinajstić information content (AvgIpc) is 3.14. The van der Waals surface area contributed by atoms with Crippen LogP contribution in [0.4, 0.5) is 24.7 Å². The number of alkyl halides is 3. The summed E-state index contributed by atoms with van der Waals surface area (Å²) in [5, 5.41) is 10.1. The molecule has 2 N–H and O–H groups in total. The van der Waals surface area contributed by atoms with E-state index in [-0.39, 0.29) is 22.8 Å². The summed E-state index contributed by atoms with van der Waals surface area (Å²) < 4.78 is 42.0. The second-order valence-electron chi connectivity index (χ2n) is 6.84. The maximum atomic E-state index is 13.7. The first-order valence-electron chi connectivity index (χ1n) is 8.96. The average molecular weight is 455 g/mol. The highest BCUT2D eigenvalue weighted by Crippen LogP contribution is 2.44. The number of anilines is 2. The summed E-state index contributed by atoms with van der Waals surface area (Å²) in [6, 6.07) is 10.8. The van der Waals surface area contributed by atoms with Crippen molar-refractivity contribution in [3.63, 3.8) is 0 Å². The Hall–Kier alpha value is -2.71. The van der Waals surface area contributed by atoms with E-state index in [4.69, 9.17) is 23.2 Å². The van der Waals surface area contributed by atoms with Crippen LogP contribution in [-0.2, 0) is 0 Å². The molecule has 2 heterocycles. The minimum absolute atomic E-state index is 0.00375. The van der Waals surface area contributed by atoms with E-state index in [1.807, 2.05) is 0 Å². The lowest BCUT2D eigenvalue weighted by Crippen LogP contribution is -2.36. The van der Waals surface area contributed by atoms with Gasteiger partial charge in [0.1, 0.15) is 11.4 Å². The monoisotopic (exact) mass is 454 g/mol. The molecule has 0 radical (unpaired) electrons. The number of amides is 1. The van der Waals surface area contributed by atoms with Crippen molar-refractivity contribution < 1.29 is 18.0 Å². The molecular weight excluding hydrogens is 440 g/mol. The molecule has 1 amide bonds. The first-order valence-corrected chi connectivity index (χ1v) is 9.71. The number of halogens is 5. The number of aromatic nitrogens is 2. The molecule has 30 heavy (non-hydrogen) atoms. The van der Waals surface area contributed by atoms with E-state index in [9.17, 15) is 18.0 Å². The van der Waals surface area contributed by atoms with E-state index in [1.165, 1.54) is 12.1 Å². The number of carbonyl (C=O) groups is 1. The Morgan fingerprint density at radius 2 is 1.87 bits per heavy atom. The molecule has 0 spiro atoms. The van der Waals surface area contributed by atoms with Crippen molar-refractivity contribution in [2.75, 3.05) is 10.6 Å². The predicted molar refractivity (Wildman–Crippen MR) is 109 cm³/mol. The molecule has 1 aromatic heterocycles. The minimum atomic E-state index is -4.52. The van der Waals surface area contributed by atoms with Crippen LogP contribution in [0.2, 0.25) is 10.0 Å². The number of nitrogens with one attached hydrogen (secondary N) is 2. The first-order chi connectivity index (χ1) is 14.2. The summed E-state index contributed by atoms with van der Waals surface area (Å²) in [6.45, 7) is 0. The lowest BCUT2D eigenvalue weighted by molar-refractivity contribution is -0.173. The van der Waals surface area contributed by atoms with Gasteiger partial charge in [-0.25, -0.2) is 4.68 Å². The van der Waals surface area contributed by atoms with Crippen LogP contribution in [0.1, 0.15) is 34.4 Å². The van der Waals surface area contributed by atoms with Crippen molar-refractivity contribution in [2.24, 2.45) is 0 Å². The Morgan fingerprint density at radius 1 is 1.13 bits per heavy atom. The van der Waals surface area contributed by atoms with E-state index in [2.05, 4.69) is 15.7 Å². The van der Waals surface area contributed by atoms with Crippen molar-refractivity contribution >= 4 is 40.6 Å². The molecule has 5 nitrogen and oxygen atoms in total. The summed E-state index contributed by atoms with van der Waals surface area (Å²) >= 11 is 11.8. The van der Waals surface area contributed by atoms with Crippen LogP contribution in [-0.4, -0.2) is 21.9 Å². The maximum Gasteiger partial charge on any atom is 0.410 e. The van der Waals surface area contributed by atoms with E-state index in [1.54, 1.807) is 36.4 Å². The van der Waals surface area contributed by atoms with Crippen LogP contribution in [0.3, 0.4) is 0 Å². The van der Waals surface area contributed by atoms with Gasteiger partial charge >= 0.3 is 6.18 Å². The zero-order valence-corrected chi connectivity index (χ0v) is 16.8. The third-order valence-corrected chi connectivity index (χ3v) is 5.60. The van der Waals surface area contributed by atoms with Crippen LogP contribution in [0.15, 0.2) is 54.7 Å². The highest BCUT2D eigenvalue weighted by molar-refractivity contribution is 6.42. The molecule has 0 bridgehead atoms. The first kappa shape index (κ1) is 20.6. The van der Waals surface area contributed by atoms with E-state index < -0.39 is 24.2 Å². The minimum Gasteiger partial charge on any atom is -0.363 e. The third kappa shape index (κ3) is 3.97. The van der Waals surface area contributed by atoms with Gasteiger partial charge in [-0.2, -0.15) is 18.3 Å². The summed E-state index contributed by atoms with van der Waals surface area (Å²) in [4.78, 5) is 12.8. The molecule has 4 rings (SSSR count). The Bertz CT molecular complexity index is 1090. The Balaban J connectivity index is 1.68. The van der Waals surface area contributed by atoms with Crippen LogP contribution in [0.5, 0.6) is 0 Å². The molecule has 0 aliphatic carbocycles. The fourth-order valence-corrected chi connectivity index (χ4v) is 3.70. The van der Waals surface area contributed by atoms with Gasteiger partial charge in [0.2, 0.25) is 0 Å². The molecule has 0 fully saturated rings. The van der Waals surface area contributed by atoms with Crippen molar-refractivity contribution in [3.8, 4) is 0 Å². The smallest absolute Gasteiger partial charge is 0.363 e. The standard InChI is InChI=1S/C20H15Cl2F3N4O/c21-14-7-6-12(8-15(14)22)27-19(30)13-10-26-29-17(20(23,24)25)9-16(28-18(13)29)11-4-2-1-3-5-11/h1-8,10,16-17,28H,9H2,(H,27,30)/t16-,17+/m1/s1. The molecule has 156 valence electrons. The van der Waals surface area contributed by atoms with Gasteiger partial charge in [0.05, 0.1) is 22.3 Å². The number of carbonyl (C=O) groups excluding carboxylic acids is 1. The number of hydrogen-bond donors (Lipinski definition) is 2. The Morgan fingerprint density at radius 3 is 2.53 bits per heavy atom. The largest absolute Gasteiger partial charge is 0.410 e. The fraction of sp³-hybridized carbons (Fsp3) is 0.200. The summed E-state index contributed by atoms with van der Waals surface area (Å²) in [5.74, 6) is -0.605. The molecule has 0 saturated carbocycles. The second kappa shape index (κ2) is 7.85. The van der Waals surface area contributed by atoms with Crippen molar-refractivity contribution in [2.45, 2.75) is 24.7 Å². The van der Waals surface area contributed by atoms with Gasteiger partial charge in [-0.1, -0.05) is 53.5 Å². The molecule has 1 aliphatic rings. The molecule has 0 saturated heterocycles. The number of nitrogens with zero attached hydrogens (tertiary/aromatic N) is 2. The SMILES string of the molecule is O=C(Nc1ccc(Cl)c(Cl)c1)c1cnn2c1N[C@@H](c1ccccc1)C[C@H]2C(F)(F)F. The van der Waals surface area contributed by atoms with Crippen molar-refractivity contribution in [3.05, 3.63) is 75.9 Å². The quantitative estimate of drug-likeness (QED) is 0.502. The van der Waals surface area contributed by atoms with Gasteiger partial charge in [0.25, 0.3) is 5.91 Å². The summed E-state index contributed by atoms with van der Waals surface area (Å²) in [7, 11) is 0. The van der Waals surface area contributed by atoms with E-state index >= 15 is 0 Å². The van der Waals surface area contributed by atoms with Crippen LogP contribution in [0, 0.1) is 0 Å². The number of fused-ring (bicyclic) bond motifs is 1.